The van der Waals surface area contributed by atoms with Crippen LogP contribution in [0.5, 0.6) is 0 Å². The van der Waals surface area contributed by atoms with Gasteiger partial charge >= 0.3 is 0 Å². The SMILES string of the molecule is N#Cc1ccc(NS(=O)(=O)c2cccc(C(=O)N3CCN(C=O)CC3)c2)cc1. The minimum absolute atomic E-state index is 0.0331. The van der Waals surface area contributed by atoms with Crippen LogP contribution in [-0.2, 0) is 14.8 Å². The molecule has 1 fully saturated rings. The van der Waals surface area contributed by atoms with Gasteiger partial charge in [-0.15, -0.1) is 0 Å². The molecule has 8 nitrogen and oxygen atoms in total. The van der Waals surface area contributed by atoms with Gasteiger partial charge in [0.25, 0.3) is 15.9 Å². The molecule has 1 saturated heterocycles. The molecule has 0 bridgehead atoms. The van der Waals surface area contributed by atoms with E-state index in [1.54, 1.807) is 15.9 Å². The number of rotatable bonds is 5. The van der Waals surface area contributed by atoms with Gasteiger partial charge in [0, 0.05) is 37.4 Å². The lowest BCUT2D eigenvalue weighted by Gasteiger charge is -2.32. The number of nitrogens with one attached hydrogen (secondary N) is 1. The van der Waals surface area contributed by atoms with Gasteiger partial charge in [-0.2, -0.15) is 5.26 Å². The van der Waals surface area contributed by atoms with Crippen LogP contribution in [0.2, 0.25) is 0 Å². The summed E-state index contributed by atoms with van der Waals surface area (Å²) in [5.74, 6) is -0.277. The Labute approximate surface area is 163 Å². The number of carbonyl (C=O) groups excluding carboxylic acids is 2. The Balaban J connectivity index is 1.77. The van der Waals surface area contributed by atoms with Gasteiger partial charge in [0.1, 0.15) is 0 Å². The summed E-state index contributed by atoms with van der Waals surface area (Å²) in [5, 5.41) is 8.81. The molecule has 3 rings (SSSR count). The Kier molecular flexibility index (Phi) is 5.61. The summed E-state index contributed by atoms with van der Waals surface area (Å²) >= 11 is 0. The van der Waals surface area contributed by atoms with Crippen LogP contribution in [-0.4, -0.2) is 56.7 Å². The topological polar surface area (TPSA) is 111 Å². The van der Waals surface area contributed by atoms with Crippen molar-refractivity contribution in [1.29, 1.82) is 5.26 Å². The molecule has 1 aliphatic heterocycles. The van der Waals surface area contributed by atoms with Crippen molar-refractivity contribution in [2.24, 2.45) is 0 Å². The standard InChI is InChI=1S/C19H18N4O4S/c20-13-15-4-6-17(7-5-15)21-28(26,27)18-3-1-2-16(12-18)19(25)23-10-8-22(14-24)9-11-23/h1-7,12,14,21H,8-11H2. The lowest BCUT2D eigenvalue weighted by atomic mass is 10.2. The van der Waals surface area contributed by atoms with Gasteiger partial charge in [-0.1, -0.05) is 6.07 Å². The number of hydrogen-bond donors (Lipinski definition) is 1. The van der Waals surface area contributed by atoms with E-state index in [-0.39, 0.29) is 16.4 Å². The van der Waals surface area contributed by atoms with Crippen LogP contribution in [0, 0.1) is 11.3 Å². The Morgan fingerprint density at radius 1 is 1.07 bits per heavy atom. The summed E-state index contributed by atoms with van der Waals surface area (Å²) in [6.45, 7) is 1.71. The van der Waals surface area contributed by atoms with Crippen LogP contribution in [0.15, 0.2) is 53.4 Å². The summed E-state index contributed by atoms with van der Waals surface area (Å²) in [6.07, 6.45) is 0.754. The first-order valence-electron chi connectivity index (χ1n) is 8.54. The lowest BCUT2D eigenvalue weighted by Crippen LogP contribution is -2.48. The van der Waals surface area contributed by atoms with Crippen LogP contribution < -0.4 is 4.72 Å². The lowest BCUT2D eigenvalue weighted by molar-refractivity contribution is -0.119. The van der Waals surface area contributed by atoms with Crippen LogP contribution in [0.1, 0.15) is 15.9 Å². The molecule has 0 aliphatic carbocycles. The fourth-order valence-corrected chi connectivity index (χ4v) is 3.94. The highest BCUT2D eigenvalue weighted by atomic mass is 32.2. The van der Waals surface area contributed by atoms with E-state index in [9.17, 15) is 18.0 Å². The van der Waals surface area contributed by atoms with Gasteiger partial charge in [0.2, 0.25) is 6.41 Å². The number of anilines is 1. The van der Waals surface area contributed by atoms with Gasteiger partial charge in [-0.25, -0.2) is 8.42 Å². The molecule has 1 N–H and O–H groups in total. The van der Waals surface area contributed by atoms with E-state index in [4.69, 9.17) is 5.26 Å². The number of benzene rings is 2. The summed E-state index contributed by atoms with van der Waals surface area (Å²) in [6, 6.07) is 13.8. The molecule has 1 aliphatic rings. The van der Waals surface area contributed by atoms with E-state index in [0.29, 0.717) is 37.4 Å². The number of hydrogen-bond acceptors (Lipinski definition) is 5. The van der Waals surface area contributed by atoms with Gasteiger partial charge in [0.15, 0.2) is 0 Å². The highest BCUT2D eigenvalue weighted by molar-refractivity contribution is 7.92. The molecule has 2 aromatic carbocycles. The predicted octanol–water partition coefficient (Wildman–Crippen LogP) is 1.27. The first-order valence-corrected chi connectivity index (χ1v) is 10.0. The van der Waals surface area contributed by atoms with Crippen molar-refractivity contribution in [1.82, 2.24) is 9.80 Å². The summed E-state index contributed by atoms with van der Waals surface area (Å²) < 4.78 is 27.7. The maximum atomic E-state index is 12.7. The first kappa shape index (κ1) is 19.4. The second kappa shape index (κ2) is 8.10. The van der Waals surface area contributed by atoms with Crippen LogP contribution in [0.3, 0.4) is 0 Å². The maximum Gasteiger partial charge on any atom is 0.261 e. The largest absolute Gasteiger partial charge is 0.342 e. The Morgan fingerprint density at radius 3 is 2.36 bits per heavy atom. The van der Waals surface area contributed by atoms with E-state index >= 15 is 0 Å². The van der Waals surface area contributed by atoms with Crippen molar-refractivity contribution in [3.63, 3.8) is 0 Å². The van der Waals surface area contributed by atoms with Gasteiger partial charge in [-0.05, 0) is 42.5 Å². The van der Waals surface area contributed by atoms with E-state index in [1.807, 2.05) is 6.07 Å². The average molecular weight is 398 g/mol. The third-order valence-electron chi connectivity index (χ3n) is 4.41. The zero-order chi connectivity index (χ0) is 20.1. The molecule has 28 heavy (non-hydrogen) atoms. The molecule has 144 valence electrons. The van der Waals surface area contributed by atoms with Gasteiger partial charge in [-0.3, -0.25) is 14.3 Å². The van der Waals surface area contributed by atoms with Crippen LogP contribution in [0.4, 0.5) is 5.69 Å². The summed E-state index contributed by atoms with van der Waals surface area (Å²) in [5.41, 5.74) is 1.01. The van der Waals surface area contributed by atoms with E-state index in [2.05, 4.69) is 4.72 Å². The van der Waals surface area contributed by atoms with Crippen molar-refractivity contribution in [2.45, 2.75) is 4.90 Å². The van der Waals surface area contributed by atoms with Crippen LogP contribution >= 0.6 is 0 Å². The molecular formula is C19H18N4O4S. The fraction of sp³-hybridized carbons (Fsp3) is 0.211. The number of amides is 2. The second-order valence-corrected chi connectivity index (χ2v) is 7.94. The van der Waals surface area contributed by atoms with Gasteiger partial charge < -0.3 is 9.80 Å². The van der Waals surface area contributed by atoms with Crippen molar-refractivity contribution in [3.8, 4) is 6.07 Å². The molecule has 0 aromatic heterocycles. The smallest absolute Gasteiger partial charge is 0.261 e. The van der Waals surface area contributed by atoms with Crippen LogP contribution in [0.25, 0.3) is 0 Å². The molecule has 0 spiro atoms. The first-order chi connectivity index (χ1) is 13.4. The zero-order valence-corrected chi connectivity index (χ0v) is 15.7. The van der Waals surface area contributed by atoms with E-state index in [1.165, 1.54) is 42.5 Å². The zero-order valence-electron chi connectivity index (χ0n) is 14.9. The molecule has 2 amide bonds. The van der Waals surface area contributed by atoms with Crippen molar-refractivity contribution < 1.29 is 18.0 Å². The average Bonchev–Trinajstić information content (AvgIpc) is 2.73. The minimum Gasteiger partial charge on any atom is -0.342 e. The quantitative estimate of drug-likeness (QED) is 0.763. The van der Waals surface area contributed by atoms with E-state index < -0.39 is 10.0 Å². The highest BCUT2D eigenvalue weighted by Gasteiger charge is 2.23. The molecular weight excluding hydrogens is 380 g/mol. The Hall–Kier alpha value is -3.38. The molecule has 0 atom stereocenters. The van der Waals surface area contributed by atoms with Crippen molar-refractivity contribution >= 4 is 28.0 Å². The van der Waals surface area contributed by atoms with Crippen molar-refractivity contribution in [3.05, 3.63) is 59.7 Å². The molecule has 9 heteroatoms. The fourth-order valence-electron chi connectivity index (χ4n) is 2.84. The highest BCUT2D eigenvalue weighted by Crippen LogP contribution is 2.19. The van der Waals surface area contributed by atoms with Gasteiger partial charge in [0.05, 0.1) is 16.5 Å². The van der Waals surface area contributed by atoms with Crippen molar-refractivity contribution in [2.75, 3.05) is 30.9 Å². The second-order valence-electron chi connectivity index (χ2n) is 6.26. The molecule has 0 saturated carbocycles. The number of piperazine rings is 1. The Morgan fingerprint density at radius 2 is 1.75 bits per heavy atom. The Bertz CT molecular complexity index is 1020. The minimum atomic E-state index is -3.89. The monoisotopic (exact) mass is 398 g/mol. The molecule has 1 heterocycles. The number of nitrogens with zero attached hydrogens (tertiary/aromatic N) is 3. The predicted molar refractivity (Wildman–Crippen MR) is 102 cm³/mol. The molecule has 0 unspecified atom stereocenters. The molecule has 0 radical (unpaired) electrons. The third-order valence-corrected chi connectivity index (χ3v) is 5.79. The van der Waals surface area contributed by atoms with E-state index in [0.717, 1.165) is 6.41 Å². The normalized spacial score (nSPS) is 14.2. The number of sulfonamides is 1. The number of carbonyl (C=O) groups is 2. The maximum absolute atomic E-state index is 12.7. The summed E-state index contributed by atoms with van der Waals surface area (Å²) in [7, 11) is -3.89. The third kappa shape index (κ3) is 4.29. The molecule has 2 aromatic rings. The summed E-state index contributed by atoms with van der Waals surface area (Å²) in [4.78, 5) is 26.6. The number of nitriles is 1.